The molecule has 0 saturated heterocycles. The molecule has 10 heavy (non-hydrogen) atoms. The van der Waals surface area contributed by atoms with Crippen molar-refractivity contribution in [3.05, 3.63) is 17.0 Å². The lowest BCUT2D eigenvalue weighted by Crippen LogP contribution is -2.05. The first kappa shape index (κ1) is 7.24. The molecule has 0 atom stereocenters. The van der Waals surface area contributed by atoms with Gasteiger partial charge in [-0.2, -0.15) is 0 Å². The highest BCUT2D eigenvalue weighted by atomic mass is 35.5. The van der Waals surface area contributed by atoms with E-state index < -0.39 is 0 Å². The molecule has 0 aliphatic heterocycles. The summed E-state index contributed by atoms with van der Waals surface area (Å²) in [5.41, 5.74) is 11.2. The van der Waals surface area contributed by atoms with Crippen molar-refractivity contribution in [2.45, 2.75) is 6.54 Å². The van der Waals surface area contributed by atoms with E-state index in [1.165, 1.54) is 6.20 Å². The van der Waals surface area contributed by atoms with Crippen LogP contribution in [0.4, 0.5) is 5.82 Å². The Morgan fingerprint density at radius 3 is 2.80 bits per heavy atom. The third-order valence-electron chi connectivity index (χ3n) is 1.04. The van der Waals surface area contributed by atoms with Crippen molar-refractivity contribution in [1.82, 2.24) is 9.97 Å². The molecule has 1 rings (SSSR count). The van der Waals surface area contributed by atoms with Gasteiger partial charge >= 0.3 is 0 Å². The van der Waals surface area contributed by atoms with Crippen LogP contribution in [-0.2, 0) is 6.54 Å². The fraction of sp³-hybridized carbons (Fsp3) is 0.200. The van der Waals surface area contributed by atoms with E-state index in [0.29, 0.717) is 16.7 Å². The number of rotatable bonds is 1. The highest BCUT2D eigenvalue weighted by Gasteiger charge is 1.99. The topological polar surface area (TPSA) is 77.8 Å². The number of hydrogen-bond donors (Lipinski definition) is 2. The lowest BCUT2D eigenvalue weighted by molar-refractivity contribution is 0.972. The molecular formula is C5H7ClN4. The van der Waals surface area contributed by atoms with Gasteiger partial charge in [0.15, 0.2) is 0 Å². The predicted molar refractivity (Wildman–Crippen MR) is 39.3 cm³/mol. The summed E-state index contributed by atoms with van der Waals surface area (Å²) in [5, 5.41) is 0.314. The fourth-order valence-corrected chi connectivity index (χ4v) is 0.713. The van der Waals surface area contributed by atoms with Gasteiger partial charge in [0, 0.05) is 6.54 Å². The van der Waals surface area contributed by atoms with Crippen molar-refractivity contribution < 1.29 is 0 Å². The zero-order valence-corrected chi connectivity index (χ0v) is 5.97. The van der Waals surface area contributed by atoms with Gasteiger partial charge in [-0.25, -0.2) is 9.97 Å². The molecule has 1 aromatic heterocycles. The Morgan fingerprint density at radius 1 is 1.60 bits per heavy atom. The number of hydrogen-bond acceptors (Lipinski definition) is 4. The average Bonchev–Trinajstić information content (AvgIpc) is 1.94. The fourth-order valence-electron chi connectivity index (χ4n) is 0.563. The summed E-state index contributed by atoms with van der Waals surface area (Å²) in [7, 11) is 0. The first-order valence-corrected chi connectivity index (χ1v) is 3.09. The van der Waals surface area contributed by atoms with E-state index in [1.807, 2.05) is 0 Å². The highest BCUT2D eigenvalue weighted by molar-refractivity contribution is 6.29. The van der Waals surface area contributed by atoms with Crippen LogP contribution >= 0.6 is 11.6 Å². The Hall–Kier alpha value is -0.870. The van der Waals surface area contributed by atoms with Crippen LogP contribution in [0, 0.1) is 0 Å². The van der Waals surface area contributed by atoms with Gasteiger partial charge in [0.2, 0.25) is 0 Å². The van der Waals surface area contributed by atoms with Gasteiger partial charge in [0.25, 0.3) is 0 Å². The quantitative estimate of drug-likeness (QED) is 0.611. The second-order valence-electron chi connectivity index (χ2n) is 1.73. The summed E-state index contributed by atoms with van der Waals surface area (Å²) in [6.45, 7) is 0.263. The second kappa shape index (κ2) is 2.81. The Bertz CT molecular complexity index is 237. The van der Waals surface area contributed by atoms with E-state index in [9.17, 15) is 0 Å². The molecule has 0 radical (unpaired) electrons. The van der Waals surface area contributed by atoms with Crippen LogP contribution in [0.25, 0.3) is 0 Å². The summed E-state index contributed by atoms with van der Waals surface area (Å²) in [4.78, 5) is 7.60. The molecular weight excluding hydrogens is 152 g/mol. The van der Waals surface area contributed by atoms with Crippen LogP contribution in [0.5, 0.6) is 0 Å². The van der Waals surface area contributed by atoms with Gasteiger partial charge in [0.05, 0.1) is 11.9 Å². The molecule has 0 spiro atoms. The minimum Gasteiger partial charge on any atom is -0.382 e. The molecule has 0 fully saturated rings. The Kier molecular flexibility index (Phi) is 2.03. The molecule has 0 unspecified atom stereocenters. The predicted octanol–water partition coefficient (Wildman–Crippen LogP) is 0.171. The lowest BCUT2D eigenvalue weighted by Gasteiger charge is -1.98. The van der Waals surface area contributed by atoms with Crippen LogP contribution in [0.15, 0.2) is 6.20 Å². The average molecular weight is 159 g/mol. The first-order valence-electron chi connectivity index (χ1n) is 2.71. The number of nitrogens with zero attached hydrogens (tertiary/aromatic N) is 2. The molecule has 0 amide bonds. The number of nitrogen functional groups attached to an aromatic ring is 1. The molecule has 0 saturated carbocycles. The van der Waals surface area contributed by atoms with Gasteiger partial charge < -0.3 is 11.5 Å². The number of nitrogens with two attached hydrogens (primary N) is 2. The normalized spacial score (nSPS) is 9.80. The van der Waals surface area contributed by atoms with Gasteiger partial charge in [-0.3, -0.25) is 0 Å². The number of aromatic nitrogens is 2. The minimum absolute atomic E-state index is 0.263. The van der Waals surface area contributed by atoms with Crippen molar-refractivity contribution >= 4 is 17.4 Å². The summed E-state index contributed by atoms with van der Waals surface area (Å²) >= 11 is 5.51. The third-order valence-corrected chi connectivity index (χ3v) is 1.22. The van der Waals surface area contributed by atoms with Crippen LogP contribution < -0.4 is 11.5 Å². The van der Waals surface area contributed by atoms with Crippen LogP contribution in [0.1, 0.15) is 5.69 Å². The Labute approximate surface area is 63.2 Å². The summed E-state index contributed by atoms with van der Waals surface area (Å²) in [6.07, 6.45) is 1.38. The smallest absolute Gasteiger partial charge is 0.147 e. The standard InChI is InChI=1S/C5H7ClN4/c6-4-2-9-5(8)3(1-7)10-4/h2H,1,7H2,(H2,8,9). The van der Waals surface area contributed by atoms with Crippen molar-refractivity contribution in [1.29, 1.82) is 0 Å². The van der Waals surface area contributed by atoms with E-state index in [1.54, 1.807) is 0 Å². The summed E-state index contributed by atoms with van der Waals surface area (Å²) < 4.78 is 0. The highest BCUT2D eigenvalue weighted by Crippen LogP contribution is 2.07. The monoisotopic (exact) mass is 158 g/mol. The second-order valence-corrected chi connectivity index (χ2v) is 2.12. The minimum atomic E-state index is 0.263. The van der Waals surface area contributed by atoms with Gasteiger partial charge in [-0.05, 0) is 0 Å². The maximum absolute atomic E-state index is 5.51. The molecule has 1 aromatic rings. The van der Waals surface area contributed by atoms with E-state index in [0.717, 1.165) is 0 Å². The molecule has 4 nitrogen and oxygen atoms in total. The zero-order valence-electron chi connectivity index (χ0n) is 5.21. The van der Waals surface area contributed by atoms with Crippen molar-refractivity contribution in [2.75, 3.05) is 5.73 Å². The van der Waals surface area contributed by atoms with Crippen LogP contribution in [-0.4, -0.2) is 9.97 Å². The molecule has 1 heterocycles. The van der Waals surface area contributed by atoms with E-state index in [2.05, 4.69) is 9.97 Å². The number of halogens is 1. The zero-order chi connectivity index (χ0) is 7.56. The van der Waals surface area contributed by atoms with Gasteiger partial charge in [-0.1, -0.05) is 11.6 Å². The Balaban J connectivity index is 3.09. The third kappa shape index (κ3) is 1.34. The molecule has 0 bridgehead atoms. The molecule has 5 heteroatoms. The van der Waals surface area contributed by atoms with Gasteiger partial charge in [0.1, 0.15) is 11.0 Å². The molecule has 4 N–H and O–H groups in total. The lowest BCUT2D eigenvalue weighted by atomic mass is 10.4. The SMILES string of the molecule is NCc1nc(Cl)cnc1N. The summed E-state index contributed by atoms with van der Waals surface area (Å²) in [5.74, 6) is 0.340. The summed E-state index contributed by atoms with van der Waals surface area (Å²) in [6, 6.07) is 0. The van der Waals surface area contributed by atoms with Crippen molar-refractivity contribution in [3.8, 4) is 0 Å². The van der Waals surface area contributed by atoms with E-state index in [4.69, 9.17) is 23.1 Å². The largest absolute Gasteiger partial charge is 0.382 e. The van der Waals surface area contributed by atoms with E-state index in [-0.39, 0.29) is 6.54 Å². The Morgan fingerprint density at radius 2 is 2.30 bits per heavy atom. The van der Waals surface area contributed by atoms with E-state index >= 15 is 0 Å². The number of anilines is 1. The van der Waals surface area contributed by atoms with Crippen LogP contribution in [0.3, 0.4) is 0 Å². The van der Waals surface area contributed by atoms with Crippen molar-refractivity contribution in [3.63, 3.8) is 0 Å². The maximum atomic E-state index is 5.51. The molecule has 0 aromatic carbocycles. The molecule has 0 aliphatic carbocycles. The van der Waals surface area contributed by atoms with Crippen LogP contribution in [0.2, 0.25) is 5.15 Å². The maximum Gasteiger partial charge on any atom is 0.147 e. The molecule has 54 valence electrons. The first-order chi connectivity index (χ1) is 4.74. The molecule has 0 aliphatic rings. The van der Waals surface area contributed by atoms with Gasteiger partial charge in [-0.15, -0.1) is 0 Å². The van der Waals surface area contributed by atoms with Crippen molar-refractivity contribution in [2.24, 2.45) is 5.73 Å².